The zero-order valence-corrected chi connectivity index (χ0v) is 9.46. The average Bonchev–Trinajstić information content (AvgIpc) is 2.33. The number of benzene rings is 1. The van der Waals surface area contributed by atoms with Crippen LogP contribution in [0.25, 0.3) is 0 Å². The summed E-state index contributed by atoms with van der Waals surface area (Å²) in [4.78, 5) is 11.6. The number of carbonyl (C=O) groups is 1. The van der Waals surface area contributed by atoms with Gasteiger partial charge < -0.3 is 10.6 Å². The molecular weight excluding hydrogens is 200 g/mol. The topological polar surface area (TPSA) is 41.1 Å². The largest absolute Gasteiger partial charge is 0.326 e. The van der Waals surface area contributed by atoms with Gasteiger partial charge in [-0.1, -0.05) is 18.2 Å². The number of nitrogens with one attached hydrogen (secondary N) is 2. The number of hydrogen-bond acceptors (Lipinski definition) is 2. The third-order valence-corrected chi connectivity index (χ3v) is 2.85. The Kier molecular flexibility index (Phi) is 3.94. The van der Waals surface area contributed by atoms with Crippen LogP contribution in [0.3, 0.4) is 0 Å². The lowest BCUT2D eigenvalue weighted by Crippen LogP contribution is -2.18. The summed E-state index contributed by atoms with van der Waals surface area (Å²) in [5.41, 5.74) is 2.22. The van der Waals surface area contributed by atoms with Crippen molar-refractivity contribution in [1.29, 1.82) is 0 Å². The normalized spacial score (nSPS) is 18.1. The Morgan fingerprint density at radius 2 is 1.75 bits per heavy atom. The van der Waals surface area contributed by atoms with Crippen LogP contribution in [-0.2, 0) is 11.2 Å². The van der Waals surface area contributed by atoms with E-state index in [2.05, 4.69) is 16.7 Å². The summed E-state index contributed by atoms with van der Waals surface area (Å²) in [5, 5.41) is 6.35. The van der Waals surface area contributed by atoms with E-state index in [1.54, 1.807) is 0 Å². The lowest BCUT2D eigenvalue weighted by molar-refractivity contribution is -0.116. The van der Waals surface area contributed by atoms with E-state index in [0.29, 0.717) is 6.42 Å². The van der Waals surface area contributed by atoms with Gasteiger partial charge in [-0.15, -0.1) is 0 Å². The number of hydrogen-bond donors (Lipinski definition) is 2. The molecule has 0 fully saturated rings. The Bertz CT molecular complexity index is 363. The van der Waals surface area contributed by atoms with Crippen molar-refractivity contribution in [2.24, 2.45) is 0 Å². The summed E-state index contributed by atoms with van der Waals surface area (Å²) in [6, 6.07) is 8.07. The quantitative estimate of drug-likeness (QED) is 0.698. The molecule has 1 aliphatic rings. The second-order valence-corrected chi connectivity index (χ2v) is 4.16. The van der Waals surface area contributed by atoms with E-state index >= 15 is 0 Å². The highest BCUT2D eigenvalue weighted by Crippen LogP contribution is 2.17. The predicted octanol–water partition coefficient (Wildman–Crippen LogP) is 1.94. The van der Waals surface area contributed by atoms with Crippen molar-refractivity contribution in [3.63, 3.8) is 0 Å². The summed E-state index contributed by atoms with van der Waals surface area (Å²) in [7, 11) is 0. The van der Waals surface area contributed by atoms with Gasteiger partial charge in [-0.3, -0.25) is 4.79 Å². The van der Waals surface area contributed by atoms with Gasteiger partial charge >= 0.3 is 0 Å². The highest BCUT2D eigenvalue weighted by Gasteiger charge is 2.07. The summed E-state index contributed by atoms with van der Waals surface area (Å²) in [6.07, 6.45) is 3.64. The minimum Gasteiger partial charge on any atom is -0.326 e. The molecule has 3 heteroatoms. The molecule has 0 atom stereocenters. The minimum atomic E-state index is 0.121. The lowest BCUT2D eigenvalue weighted by atomic mass is 10.1. The summed E-state index contributed by atoms with van der Waals surface area (Å²) < 4.78 is 0. The molecule has 0 spiro atoms. The van der Waals surface area contributed by atoms with Crippen LogP contribution < -0.4 is 10.6 Å². The van der Waals surface area contributed by atoms with Crippen molar-refractivity contribution < 1.29 is 4.79 Å². The van der Waals surface area contributed by atoms with Gasteiger partial charge in [0.25, 0.3) is 0 Å². The zero-order chi connectivity index (χ0) is 11.2. The second-order valence-electron chi connectivity index (χ2n) is 4.16. The van der Waals surface area contributed by atoms with E-state index in [1.165, 1.54) is 5.56 Å². The van der Waals surface area contributed by atoms with E-state index in [4.69, 9.17) is 0 Å². The van der Waals surface area contributed by atoms with E-state index < -0.39 is 0 Å². The molecule has 1 heterocycles. The molecule has 2 rings (SSSR count). The molecule has 3 nitrogen and oxygen atoms in total. The van der Waals surface area contributed by atoms with Gasteiger partial charge in [0.2, 0.25) is 5.91 Å². The van der Waals surface area contributed by atoms with Crippen LogP contribution in [0.4, 0.5) is 5.69 Å². The van der Waals surface area contributed by atoms with Crippen molar-refractivity contribution in [3.05, 3.63) is 29.8 Å². The van der Waals surface area contributed by atoms with Gasteiger partial charge in [-0.05, 0) is 44.0 Å². The molecule has 0 unspecified atom stereocenters. The lowest BCUT2D eigenvalue weighted by Gasteiger charge is -2.09. The molecule has 0 saturated carbocycles. The van der Waals surface area contributed by atoms with Crippen LogP contribution in [0.15, 0.2) is 24.3 Å². The van der Waals surface area contributed by atoms with Crippen molar-refractivity contribution in [1.82, 2.24) is 5.32 Å². The van der Waals surface area contributed by atoms with Gasteiger partial charge in [-0.2, -0.15) is 0 Å². The summed E-state index contributed by atoms with van der Waals surface area (Å²) in [5.74, 6) is 0.121. The van der Waals surface area contributed by atoms with Gasteiger partial charge in [0.15, 0.2) is 0 Å². The first-order valence-electron chi connectivity index (χ1n) is 5.95. The Labute approximate surface area is 96.2 Å². The monoisotopic (exact) mass is 218 g/mol. The first-order chi connectivity index (χ1) is 7.86. The van der Waals surface area contributed by atoms with E-state index in [-0.39, 0.29) is 5.91 Å². The van der Waals surface area contributed by atoms with E-state index in [1.807, 2.05) is 18.2 Å². The third-order valence-electron chi connectivity index (χ3n) is 2.85. The first kappa shape index (κ1) is 11.1. The fraction of sp³-hybridized carbons (Fsp3) is 0.462. The molecule has 0 aliphatic carbocycles. The van der Waals surface area contributed by atoms with Crippen molar-refractivity contribution in [3.8, 4) is 0 Å². The van der Waals surface area contributed by atoms with Gasteiger partial charge in [0.05, 0.1) is 0 Å². The van der Waals surface area contributed by atoms with E-state index in [0.717, 1.165) is 38.0 Å². The van der Waals surface area contributed by atoms with Crippen LogP contribution in [-0.4, -0.2) is 19.0 Å². The van der Waals surface area contributed by atoms with Gasteiger partial charge in [0.1, 0.15) is 0 Å². The van der Waals surface area contributed by atoms with Crippen molar-refractivity contribution in [2.45, 2.75) is 25.7 Å². The molecule has 1 aromatic rings. The predicted molar refractivity (Wildman–Crippen MR) is 65.5 cm³/mol. The van der Waals surface area contributed by atoms with Crippen molar-refractivity contribution >= 4 is 11.6 Å². The fourth-order valence-corrected chi connectivity index (χ4v) is 1.98. The molecule has 1 amide bonds. The third kappa shape index (κ3) is 3.07. The smallest absolute Gasteiger partial charge is 0.224 e. The maximum atomic E-state index is 11.6. The number of amides is 1. The van der Waals surface area contributed by atoms with Crippen LogP contribution in [0.2, 0.25) is 0 Å². The van der Waals surface area contributed by atoms with Gasteiger partial charge in [0, 0.05) is 12.1 Å². The Hall–Kier alpha value is -1.35. The molecule has 2 N–H and O–H groups in total. The molecule has 0 saturated heterocycles. The molecule has 0 aromatic heterocycles. The maximum absolute atomic E-state index is 11.6. The minimum absolute atomic E-state index is 0.121. The van der Waals surface area contributed by atoms with Crippen LogP contribution in [0.1, 0.15) is 24.8 Å². The molecule has 1 aromatic carbocycles. The first-order valence-corrected chi connectivity index (χ1v) is 5.95. The summed E-state index contributed by atoms with van der Waals surface area (Å²) >= 11 is 0. The molecule has 0 bridgehead atoms. The average molecular weight is 218 g/mol. The highest BCUT2D eigenvalue weighted by molar-refractivity contribution is 5.91. The zero-order valence-electron chi connectivity index (χ0n) is 9.46. The van der Waals surface area contributed by atoms with Crippen molar-refractivity contribution in [2.75, 3.05) is 18.4 Å². The number of carbonyl (C=O) groups excluding carboxylic acids is 1. The number of rotatable bonds is 0. The van der Waals surface area contributed by atoms with Crippen LogP contribution in [0, 0.1) is 0 Å². The number of aryl methyl sites for hydroxylation is 1. The Balaban J connectivity index is 2.14. The Morgan fingerprint density at radius 1 is 1.00 bits per heavy atom. The maximum Gasteiger partial charge on any atom is 0.224 e. The number of fused-ring (bicyclic) bond motifs is 1. The highest BCUT2D eigenvalue weighted by atomic mass is 16.1. The van der Waals surface area contributed by atoms with Gasteiger partial charge in [-0.25, -0.2) is 0 Å². The molecular formula is C13H18N2O. The fourth-order valence-electron chi connectivity index (χ4n) is 1.98. The van der Waals surface area contributed by atoms with Crippen LogP contribution >= 0.6 is 0 Å². The number of para-hydroxylation sites is 1. The molecule has 1 aliphatic heterocycles. The standard InChI is InChI=1S/C13H18N2O/c16-13-8-4-10-14-9-3-6-11-5-1-2-7-12(11)15-13/h1-2,5,7,14H,3-4,6,8-10H2,(H,15,16). The second kappa shape index (κ2) is 5.66. The molecule has 0 radical (unpaired) electrons. The SMILES string of the molecule is O=C1CCCNCCCc2ccccc2N1. The molecule has 16 heavy (non-hydrogen) atoms. The molecule has 86 valence electrons. The van der Waals surface area contributed by atoms with Crippen LogP contribution in [0.5, 0.6) is 0 Å². The Morgan fingerprint density at radius 3 is 2.62 bits per heavy atom. The number of anilines is 1. The summed E-state index contributed by atoms with van der Waals surface area (Å²) in [6.45, 7) is 1.96. The van der Waals surface area contributed by atoms with E-state index in [9.17, 15) is 4.79 Å².